The molecule has 3 N–H and O–H groups in total. The van der Waals surface area contributed by atoms with Crippen LogP contribution in [0.25, 0.3) is 0 Å². The van der Waals surface area contributed by atoms with Crippen molar-refractivity contribution in [3.05, 3.63) is 65.4 Å². The number of thiazole rings is 1. The SMILES string of the molecule is COc1ccccc1Nc1nc(C(=O)NCCC(=O)NCc2ccncc2)cs1. The van der Waals surface area contributed by atoms with Crippen molar-refractivity contribution in [2.24, 2.45) is 0 Å². The van der Waals surface area contributed by atoms with Gasteiger partial charge < -0.3 is 20.7 Å². The summed E-state index contributed by atoms with van der Waals surface area (Å²) in [5, 5.41) is 10.9. The topological polar surface area (TPSA) is 105 Å². The summed E-state index contributed by atoms with van der Waals surface area (Å²) in [7, 11) is 1.59. The third-order valence-electron chi connectivity index (χ3n) is 3.96. The molecule has 150 valence electrons. The van der Waals surface area contributed by atoms with Crippen LogP contribution in [0.5, 0.6) is 5.75 Å². The van der Waals surface area contributed by atoms with Crippen molar-refractivity contribution in [2.45, 2.75) is 13.0 Å². The average Bonchev–Trinajstić information content (AvgIpc) is 3.22. The van der Waals surface area contributed by atoms with Gasteiger partial charge in [-0.3, -0.25) is 14.6 Å². The molecule has 3 rings (SSSR count). The number of pyridine rings is 1. The first-order valence-corrected chi connectivity index (χ1v) is 9.83. The summed E-state index contributed by atoms with van der Waals surface area (Å²) in [6.45, 7) is 0.660. The molecular formula is C20H21N5O3S. The van der Waals surface area contributed by atoms with Gasteiger partial charge in [0.1, 0.15) is 11.4 Å². The Kier molecular flexibility index (Phi) is 7.12. The molecule has 3 aromatic rings. The van der Waals surface area contributed by atoms with Crippen molar-refractivity contribution in [3.8, 4) is 5.75 Å². The van der Waals surface area contributed by atoms with E-state index in [2.05, 4.69) is 25.9 Å². The molecule has 0 aliphatic carbocycles. The number of ether oxygens (including phenoxy) is 1. The quantitative estimate of drug-likeness (QED) is 0.500. The molecule has 0 bridgehead atoms. The van der Waals surface area contributed by atoms with Crippen LogP contribution in [0.2, 0.25) is 0 Å². The molecule has 0 aliphatic rings. The van der Waals surface area contributed by atoms with E-state index in [0.29, 0.717) is 23.1 Å². The van der Waals surface area contributed by atoms with E-state index < -0.39 is 0 Å². The summed E-state index contributed by atoms with van der Waals surface area (Å²) >= 11 is 1.31. The van der Waals surface area contributed by atoms with Gasteiger partial charge in [-0.2, -0.15) is 0 Å². The van der Waals surface area contributed by atoms with Crippen LogP contribution < -0.4 is 20.7 Å². The molecule has 0 aliphatic heterocycles. The molecule has 0 saturated heterocycles. The van der Waals surface area contributed by atoms with Crippen LogP contribution in [0.4, 0.5) is 10.8 Å². The third-order valence-corrected chi connectivity index (χ3v) is 4.72. The van der Waals surface area contributed by atoms with Crippen LogP contribution in [-0.4, -0.2) is 35.4 Å². The molecule has 0 radical (unpaired) electrons. The molecule has 8 nitrogen and oxygen atoms in total. The van der Waals surface area contributed by atoms with Crippen LogP contribution in [0.1, 0.15) is 22.5 Å². The predicted octanol–water partition coefficient (Wildman–Crippen LogP) is 2.73. The van der Waals surface area contributed by atoms with E-state index in [1.165, 1.54) is 11.3 Å². The van der Waals surface area contributed by atoms with Gasteiger partial charge in [0.25, 0.3) is 5.91 Å². The van der Waals surface area contributed by atoms with E-state index in [4.69, 9.17) is 4.74 Å². The zero-order valence-corrected chi connectivity index (χ0v) is 16.7. The summed E-state index contributed by atoms with van der Waals surface area (Å²) in [6, 6.07) is 11.1. The fraction of sp³-hybridized carbons (Fsp3) is 0.200. The number of carbonyl (C=O) groups excluding carboxylic acids is 2. The Morgan fingerprint density at radius 1 is 1.10 bits per heavy atom. The molecule has 0 fully saturated rings. The summed E-state index contributed by atoms with van der Waals surface area (Å²) < 4.78 is 5.29. The number of rotatable bonds is 9. The number of benzene rings is 1. The molecule has 2 heterocycles. The van der Waals surface area contributed by atoms with Crippen LogP contribution in [0, 0.1) is 0 Å². The first-order valence-electron chi connectivity index (χ1n) is 8.95. The number of aromatic nitrogens is 2. The van der Waals surface area contributed by atoms with E-state index >= 15 is 0 Å². The van der Waals surface area contributed by atoms with Crippen molar-refractivity contribution in [2.75, 3.05) is 19.0 Å². The molecule has 2 aromatic heterocycles. The molecule has 0 unspecified atom stereocenters. The van der Waals surface area contributed by atoms with Gasteiger partial charge in [0.05, 0.1) is 12.8 Å². The lowest BCUT2D eigenvalue weighted by Crippen LogP contribution is -2.30. The number of methoxy groups -OCH3 is 1. The summed E-state index contributed by atoms with van der Waals surface area (Å²) in [5.74, 6) is 0.224. The van der Waals surface area contributed by atoms with Gasteiger partial charge in [0, 0.05) is 37.3 Å². The Balaban J connectivity index is 1.43. The highest BCUT2D eigenvalue weighted by Crippen LogP contribution is 2.28. The average molecular weight is 411 g/mol. The minimum atomic E-state index is -0.323. The highest BCUT2D eigenvalue weighted by atomic mass is 32.1. The largest absolute Gasteiger partial charge is 0.495 e. The lowest BCUT2D eigenvalue weighted by Gasteiger charge is -2.08. The van der Waals surface area contributed by atoms with E-state index in [-0.39, 0.29) is 24.8 Å². The highest BCUT2D eigenvalue weighted by molar-refractivity contribution is 7.14. The zero-order valence-electron chi connectivity index (χ0n) is 15.8. The lowest BCUT2D eigenvalue weighted by atomic mass is 10.2. The van der Waals surface area contributed by atoms with E-state index in [0.717, 1.165) is 11.3 Å². The Hall–Kier alpha value is -3.46. The van der Waals surface area contributed by atoms with Gasteiger partial charge in [0.15, 0.2) is 5.13 Å². The van der Waals surface area contributed by atoms with Crippen LogP contribution in [0.3, 0.4) is 0 Å². The Bertz CT molecular complexity index is 962. The number of hydrogen-bond acceptors (Lipinski definition) is 7. The minimum Gasteiger partial charge on any atom is -0.495 e. The molecule has 29 heavy (non-hydrogen) atoms. The summed E-state index contributed by atoms with van der Waals surface area (Å²) in [6.07, 6.45) is 3.53. The van der Waals surface area contributed by atoms with Crippen molar-refractivity contribution in [1.82, 2.24) is 20.6 Å². The number of hydrogen-bond donors (Lipinski definition) is 3. The monoisotopic (exact) mass is 411 g/mol. The number of nitrogens with zero attached hydrogens (tertiary/aromatic N) is 2. The van der Waals surface area contributed by atoms with Crippen LogP contribution in [0.15, 0.2) is 54.2 Å². The van der Waals surface area contributed by atoms with Crippen LogP contribution >= 0.6 is 11.3 Å². The maximum Gasteiger partial charge on any atom is 0.270 e. The third kappa shape index (κ3) is 6.01. The fourth-order valence-corrected chi connectivity index (χ4v) is 3.17. The lowest BCUT2D eigenvalue weighted by molar-refractivity contribution is -0.121. The summed E-state index contributed by atoms with van der Waals surface area (Å²) in [5.41, 5.74) is 2.03. The minimum absolute atomic E-state index is 0.140. The van der Waals surface area contributed by atoms with Gasteiger partial charge in [0.2, 0.25) is 5.91 Å². The van der Waals surface area contributed by atoms with Crippen molar-refractivity contribution >= 4 is 34.0 Å². The first kappa shape index (κ1) is 20.3. The van der Waals surface area contributed by atoms with Gasteiger partial charge in [-0.15, -0.1) is 11.3 Å². The molecule has 1 aromatic carbocycles. The Morgan fingerprint density at radius 2 is 1.90 bits per heavy atom. The van der Waals surface area contributed by atoms with Gasteiger partial charge >= 0.3 is 0 Å². The maximum atomic E-state index is 12.2. The fourth-order valence-electron chi connectivity index (χ4n) is 2.47. The summed E-state index contributed by atoms with van der Waals surface area (Å²) in [4.78, 5) is 32.3. The molecule has 2 amide bonds. The number of nitrogens with one attached hydrogen (secondary N) is 3. The van der Waals surface area contributed by atoms with Gasteiger partial charge in [-0.1, -0.05) is 12.1 Å². The zero-order chi connectivity index (χ0) is 20.5. The van der Waals surface area contributed by atoms with Gasteiger partial charge in [-0.05, 0) is 29.8 Å². The number of anilines is 2. The van der Waals surface area contributed by atoms with Crippen molar-refractivity contribution < 1.29 is 14.3 Å². The second kappa shape index (κ2) is 10.2. The van der Waals surface area contributed by atoms with Crippen molar-refractivity contribution in [3.63, 3.8) is 0 Å². The van der Waals surface area contributed by atoms with Crippen molar-refractivity contribution in [1.29, 1.82) is 0 Å². The van der Waals surface area contributed by atoms with E-state index in [9.17, 15) is 9.59 Å². The maximum absolute atomic E-state index is 12.2. The molecule has 0 atom stereocenters. The number of amides is 2. The Labute approximate surface area is 172 Å². The highest BCUT2D eigenvalue weighted by Gasteiger charge is 2.12. The first-order chi connectivity index (χ1) is 14.2. The predicted molar refractivity (Wildman–Crippen MR) is 111 cm³/mol. The normalized spacial score (nSPS) is 10.2. The molecular weight excluding hydrogens is 390 g/mol. The number of carbonyl (C=O) groups is 2. The van der Waals surface area contributed by atoms with Gasteiger partial charge in [-0.25, -0.2) is 4.98 Å². The standard InChI is InChI=1S/C20H21N5O3S/c1-28-17-5-3-2-4-15(17)24-20-25-16(13-29-20)19(27)22-11-8-18(26)23-12-14-6-9-21-10-7-14/h2-7,9-10,13H,8,11-12H2,1H3,(H,22,27)(H,23,26)(H,24,25). The van der Waals surface area contributed by atoms with E-state index in [1.807, 2.05) is 36.4 Å². The Morgan fingerprint density at radius 3 is 2.69 bits per heavy atom. The molecule has 0 saturated carbocycles. The molecule has 0 spiro atoms. The van der Waals surface area contributed by atoms with Crippen LogP contribution in [-0.2, 0) is 11.3 Å². The second-order valence-corrected chi connectivity index (χ2v) is 6.86. The smallest absolute Gasteiger partial charge is 0.270 e. The molecule has 9 heteroatoms. The number of para-hydroxylation sites is 2. The second-order valence-electron chi connectivity index (χ2n) is 6.00. The van der Waals surface area contributed by atoms with E-state index in [1.54, 1.807) is 24.9 Å².